The van der Waals surface area contributed by atoms with Gasteiger partial charge in [-0.05, 0) is 41.7 Å². The van der Waals surface area contributed by atoms with Gasteiger partial charge in [0.15, 0.2) is 0 Å². The first-order valence-corrected chi connectivity index (χ1v) is 44.4. The zero-order valence-corrected chi connectivity index (χ0v) is 64.4. The molecule has 1 nitrogen and oxygen atoms in total. The largest absolute Gasteiger partial charge is 0.192 e. The summed E-state index contributed by atoms with van der Waals surface area (Å²) in [5.74, 6) is 0. The number of benzene rings is 2. The summed E-state index contributed by atoms with van der Waals surface area (Å²) in [6.07, 6.45) is 117. The van der Waals surface area contributed by atoms with Crippen molar-refractivity contribution in [3.63, 3.8) is 0 Å². The summed E-state index contributed by atoms with van der Waals surface area (Å²) in [7, 11) is 0. The summed E-state index contributed by atoms with van der Waals surface area (Å²) >= 11 is 0. The number of hydrogen-bond donors (Lipinski definition) is 0. The predicted molar refractivity (Wildman–Crippen MR) is 426 cm³/mol. The van der Waals surface area contributed by atoms with Crippen molar-refractivity contribution in [1.82, 2.24) is 0 Å². The average Bonchev–Trinajstić information content (AvgIpc) is 0.995. The molecule has 0 heterocycles. The van der Waals surface area contributed by atoms with Gasteiger partial charge in [0, 0.05) is 0 Å². The molecule has 1 heteroatoms. The first-order chi connectivity index (χ1) is 46.8. The predicted octanol–water partition coefficient (Wildman–Crippen LogP) is 34.2. The Bertz CT molecular complexity index is 1730. The SMILES string of the molecule is CCCCCCCCCCCCCCCCCCCCCCCCCCCCCCCCCCCCCCCCCCCCCCCCCCCCCCCCCCCCCCCCCCCCCCCCCCCCCCCCc1ccc(-c2ccc(C#N)cc2)cc1. The van der Waals surface area contributed by atoms with Gasteiger partial charge in [-0.15, -0.1) is 0 Å². The molecule has 2 rings (SSSR count). The molecular formula is C93H169N. The van der Waals surface area contributed by atoms with E-state index in [0.29, 0.717) is 0 Å². The Kier molecular flexibility index (Phi) is 71.8. The number of nitriles is 1. The maximum Gasteiger partial charge on any atom is 0.0991 e. The summed E-state index contributed by atoms with van der Waals surface area (Å²) in [5.41, 5.74) is 4.59. The highest BCUT2D eigenvalue weighted by atomic mass is 14.2. The highest BCUT2D eigenvalue weighted by Crippen LogP contribution is 2.25. The summed E-state index contributed by atoms with van der Waals surface area (Å²) in [4.78, 5) is 0. The van der Waals surface area contributed by atoms with Gasteiger partial charge in [0.2, 0.25) is 0 Å². The van der Waals surface area contributed by atoms with Crippen molar-refractivity contribution in [2.24, 2.45) is 0 Å². The van der Waals surface area contributed by atoms with Gasteiger partial charge in [0.25, 0.3) is 0 Å². The van der Waals surface area contributed by atoms with Crippen LogP contribution in [0.1, 0.15) is 519 Å². The van der Waals surface area contributed by atoms with Crippen LogP contribution in [0.2, 0.25) is 0 Å². The average molecular weight is 1300 g/mol. The van der Waals surface area contributed by atoms with E-state index in [0.717, 1.165) is 5.56 Å². The van der Waals surface area contributed by atoms with Gasteiger partial charge in [-0.3, -0.25) is 0 Å². The highest BCUT2D eigenvalue weighted by Gasteiger charge is 2.04. The van der Waals surface area contributed by atoms with Crippen LogP contribution in [0.3, 0.4) is 0 Å². The molecule has 0 radical (unpaired) electrons. The van der Waals surface area contributed by atoms with Crippen LogP contribution >= 0.6 is 0 Å². The smallest absolute Gasteiger partial charge is 0.0991 e. The van der Waals surface area contributed by atoms with E-state index in [-0.39, 0.29) is 0 Å². The summed E-state index contributed by atoms with van der Waals surface area (Å²) in [6.45, 7) is 2.32. The number of nitrogens with zero attached hydrogens (tertiary/aromatic N) is 1. The molecule has 0 saturated heterocycles. The third-order valence-corrected chi connectivity index (χ3v) is 22.1. The fourth-order valence-corrected chi connectivity index (χ4v) is 15.4. The minimum absolute atomic E-state index is 0.722. The lowest BCUT2D eigenvalue weighted by Crippen LogP contribution is -1.87. The van der Waals surface area contributed by atoms with Gasteiger partial charge in [0.1, 0.15) is 0 Å². The lowest BCUT2D eigenvalue weighted by Gasteiger charge is -2.06. The van der Waals surface area contributed by atoms with Crippen LogP contribution in [-0.4, -0.2) is 0 Å². The molecule has 0 atom stereocenters. The van der Waals surface area contributed by atoms with E-state index in [1.165, 1.54) is 524 Å². The zero-order valence-electron chi connectivity index (χ0n) is 64.4. The zero-order chi connectivity index (χ0) is 66.5. The second kappa shape index (κ2) is 76.7. The topological polar surface area (TPSA) is 23.8 Å². The molecule has 0 bridgehead atoms. The van der Waals surface area contributed by atoms with Gasteiger partial charge >= 0.3 is 0 Å². The first-order valence-electron chi connectivity index (χ1n) is 44.4. The van der Waals surface area contributed by atoms with E-state index in [4.69, 9.17) is 5.26 Å². The Morgan fingerprint density at radius 3 is 0.436 bits per heavy atom. The minimum atomic E-state index is 0.722. The van der Waals surface area contributed by atoms with Gasteiger partial charge in [-0.25, -0.2) is 0 Å². The molecule has 0 N–H and O–H groups in total. The maximum absolute atomic E-state index is 9.03. The molecule has 94 heavy (non-hydrogen) atoms. The summed E-state index contributed by atoms with van der Waals surface area (Å²) < 4.78 is 0. The standard InChI is InChI=1S/C93H169N/c1-2-3-4-5-6-7-8-9-10-11-12-13-14-15-16-17-18-19-20-21-22-23-24-25-26-27-28-29-30-31-32-33-34-35-36-37-38-39-40-41-42-43-44-45-46-47-48-49-50-51-52-53-54-55-56-57-58-59-60-61-62-63-64-65-66-67-68-69-70-71-72-73-74-75-76-77-78-79-80-90-81-85-92(86-82-90)93-87-83-91(89-94)84-88-93/h81-88H,2-80H2,1H3. The maximum atomic E-state index is 9.03. The fourth-order valence-electron chi connectivity index (χ4n) is 15.4. The molecular weight excluding hydrogens is 1130 g/mol. The van der Waals surface area contributed by atoms with E-state index in [1.54, 1.807) is 0 Å². The van der Waals surface area contributed by atoms with Gasteiger partial charge < -0.3 is 0 Å². The second-order valence-corrected chi connectivity index (χ2v) is 31.4. The van der Waals surface area contributed by atoms with Crippen molar-refractivity contribution >= 4 is 0 Å². The highest BCUT2D eigenvalue weighted by molar-refractivity contribution is 5.64. The molecule has 0 aliphatic rings. The third kappa shape index (κ3) is 65.8. The summed E-state index contributed by atoms with van der Waals surface area (Å²) in [6, 6.07) is 19.1. The number of unbranched alkanes of at least 4 members (excludes halogenated alkanes) is 77. The first kappa shape index (κ1) is 88.0. The Morgan fingerprint density at radius 1 is 0.170 bits per heavy atom. The van der Waals surface area contributed by atoms with Crippen LogP contribution in [0.15, 0.2) is 48.5 Å². The van der Waals surface area contributed by atoms with E-state index in [1.807, 2.05) is 24.3 Å². The van der Waals surface area contributed by atoms with Crippen LogP contribution in [0.25, 0.3) is 11.1 Å². The summed E-state index contributed by atoms with van der Waals surface area (Å²) in [5, 5.41) is 9.03. The second-order valence-electron chi connectivity index (χ2n) is 31.4. The van der Waals surface area contributed by atoms with Crippen molar-refractivity contribution in [3.05, 3.63) is 59.7 Å². The monoisotopic (exact) mass is 1300 g/mol. The van der Waals surface area contributed by atoms with Gasteiger partial charge in [-0.2, -0.15) is 5.26 Å². The van der Waals surface area contributed by atoms with Crippen LogP contribution in [0.5, 0.6) is 0 Å². The van der Waals surface area contributed by atoms with Crippen LogP contribution in [0, 0.1) is 11.3 Å². The molecule has 0 saturated carbocycles. The molecule has 2 aromatic rings. The van der Waals surface area contributed by atoms with Crippen molar-refractivity contribution < 1.29 is 0 Å². The molecule has 0 aliphatic carbocycles. The van der Waals surface area contributed by atoms with Crippen LogP contribution in [0.4, 0.5) is 0 Å². The molecule has 546 valence electrons. The Labute approximate surface area is 592 Å². The normalized spacial score (nSPS) is 11.6. The quantitative estimate of drug-likeness (QED) is 0.0606. The van der Waals surface area contributed by atoms with Crippen molar-refractivity contribution in [1.29, 1.82) is 5.26 Å². The minimum Gasteiger partial charge on any atom is -0.192 e. The lowest BCUT2D eigenvalue weighted by atomic mass is 10.00. The Balaban J connectivity index is 1.10. The van der Waals surface area contributed by atoms with E-state index in [2.05, 4.69) is 37.3 Å². The molecule has 0 unspecified atom stereocenters. The Morgan fingerprint density at radius 2 is 0.298 bits per heavy atom. The van der Waals surface area contributed by atoms with E-state index in [9.17, 15) is 0 Å². The lowest BCUT2D eigenvalue weighted by molar-refractivity contribution is 0.505. The van der Waals surface area contributed by atoms with Crippen molar-refractivity contribution in [2.45, 2.75) is 514 Å². The number of rotatable bonds is 80. The van der Waals surface area contributed by atoms with E-state index < -0.39 is 0 Å². The molecule has 0 fully saturated rings. The number of aryl methyl sites for hydroxylation is 1. The van der Waals surface area contributed by atoms with Crippen molar-refractivity contribution in [2.75, 3.05) is 0 Å². The molecule has 0 spiro atoms. The van der Waals surface area contributed by atoms with E-state index >= 15 is 0 Å². The van der Waals surface area contributed by atoms with Crippen molar-refractivity contribution in [3.8, 4) is 17.2 Å². The Hall–Kier alpha value is -2.07. The molecule has 0 aromatic heterocycles. The van der Waals surface area contributed by atoms with Gasteiger partial charge in [-0.1, -0.05) is 538 Å². The fraction of sp³-hybridized carbons (Fsp3) is 0.860. The number of hydrogen-bond acceptors (Lipinski definition) is 1. The van der Waals surface area contributed by atoms with Crippen LogP contribution in [-0.2, 0) is 6.42 Å². The van der Waals surface area contributed by atoms with Crippen LogP contribution < -0.4 is 0 Å². The van der Waals surface area contributed by atoms with Gasteiger partial charge in [0.05, 0.1) is 11.6 Å². The molecule has 0 aliphatic heterocycles. The third-order valence-electron chi connectivity index (χ3n) is 22.1. The molecule has 2 aromatic carbocycles. The molecule has 0 amide bonds.